The summed E-state index contributed by atoms with van der Waals surface area (Å²) in [6, 6.07) is 0. The minimum Gasteiger partial charge on any atom is -0.367 e. The Kier molecular flexibility index (Phi) is 3.33. The Labute approximate surface area is 81.0 Å². The lowest BCUT2D eigenvalue weighted by molar-refractivity contribution is -0.135. The van der Waals surface area contributed by atoms with Crippen molar-refractivity contribution < 1.29 is 4.74 Å². The number of nitrogens with one attached hydrogen (secondary N) is 1. The minimum absolute atomic E-state index is 0.0988. The second-order valence-corrected chi connectivity index (χ2v) is 4.88. The summed E-state index contributed by atoms with van der Waals surface area (Å²) in [6.07, 6.45) is 2.24. The van der Waals surface area contributed by atoms with E-state index in [-0.39, 0.29) is 11.2 Å². The molecule has 1 unspecified atom stereocenters. The van der Waals surface area contributed by atoms with Crippen LogP contribution in [0, 0.1) is 0 Å². The average molecular weight is 186 g/mol. The molecule has 3 N–H and O–H groups in total. The summed E-state index contributed by atoms with van der Waals surface area (Å²) in [5, 5.41) is 3.34. The highest BCUT2D eigenvalue weighted by atomic mass is 16.5. The van der Waals surface area contributed by atoms with Crippen LogP contribution in [-0.2, 0) is 4.74 Å². The lowest BCUT2D eigenvalue weighted by Crippen LogP contribution is -2.55. The smallest absolute Gasteiger partial charge is 0.0935 e. The molecule has 78 valence electrons. The first-order chi connectivity index (χ1) is 5.97. The molecule has 3 nitrogen and oxygen atoms in total. The van der Waals surface area contributed by atoms with E-state index >= 15 is 0 Å². The zero-order valence-corrected chi connectivity index (χ0v) is 9.02. The van der Waals surface area contributed by atoms with Gasteiger partial charge in [0, 0.05) is 13.1 Å². The third kappa shape index (κ3) is 3.25. The van der Waals surface area contributed by atoms with Gasteiger partial charge in [0.25, 0.3) is 0 Å². The highest BCUT2D eigenvalue weighted by Gasteiger charge is 2.35. The molecule has 1 fully saturated rings. The zero-order chi connectivity index (χ0) is 9.95. The SMILES string of the molecule is CC(C)(C)OC1(CN)CCCNC1. The van der Waals surface area contributed by atoms with E-state index in [1.54, 1.807) is 0 Å². The molecule has 0 bridgehead atoms. The first kappa shape index (κ1) is 11.0. The van der Waals surface area contributed by atoms with Crippen molar-refractivity contribution in [1.82, 2.24) is 5.32 Å². The van der Waals surface area contributed by atoms with Gasteiger partial charge >= 0.3 is 0 Å². The highest BCUT2D eigenvalue weighted by molar-refractivity contribution is 4.90. The lowest BCUT2D eigenvalue weighted by Gasteiger charge is -2.41. The molecule has 0 radical (unpaired) electrons. The van der Waals surface area contributed by atoms with Crippen molar-refractivity contribution in [2.24, 2.45) is 5.73 Å². The van der Waals surface area contributed by atoms with Gasteiger partial charge in [0.1, 0.15) is 0 Å². The van der Waals surface area contributed by atoms with Gasteiger partial charge in [-0.3, -0.25) is 0 Å². The largest absolute Gasteiger partial charge is 0.367 e. The van der Waals surface area contributed by atoms with E-state index in [1.165, 1.54) is 0 Å². The Morgan fingerprint density at radius 3 is 2.54 bits per heavy atom. The average Bonchev–Trinajstić information content (AvgIpc) is 2.03. The molecule has 3 heteroatoms. The summed E-state index contributed by atoms with van der Waals surface area (Å²) in [5.74, 6) is 0. The summed E-state index contributed by atoms with van der Waals surface area (Å²) >= 11 is 0. The number of hydrogen-bond acceptors (Lipinski definition) is 3. The summed E-state index contributed by atoms with van der Waals surface area (Å²) in [7, 11) is 0. The van der Waals surface area contributed by atoms with Crippen LogP contribution in [0.2, 0.25) is 0 Å². The Morgan fingerprint density at radius 2 is 2.15 bits per heavy atom. The van der Waals surface area contributed by atoms with E-state index in [0.29, 0.717) is 6.54 Å². The van der Waals surface area contributed by atoms with E-state index in [9.17, 15) is 0 Å². The lowest BCUT2D eigenvalue weighted by atomic mass is 9.93. The Morgan fingerprint density at radius 1 is 1.46 bits per heavy atom. The molecule has 0 aromatic carbocycles. The fourth-order valence-electron chi connectivity index (χ4n) is 1.89. The monoisotopic (exact) mass is 186 g/mol. The molecular formula is C10H22N2O. The molecule has 1 heterocycles. The molecular weight excluding hydrogens is 164 g/mol. The number of rotatable bonds is 2. The Bertz CT molecular complexity index is 157. The predicted molar refractivity (Wildman–Crippen MR) is 54.7 cm³/mol. The van der Waals surface area contributed by atoms with E-state index in [1.807, 2.05) is 0 Å². The molecule has 1 atom stereocenters. The first-order valence-corrected chi connectivity index (χ1v) is 5.08. The third-order valence-electron chi connectivity index (χ3n) is 2.33. The third-order valence-corrected chi connectivity index (χ3v) is 2.33. The number of piperidine rings is 1. The summed E-state index contributed by atoms with van der Waals surface area (Å²) < 4.78 is 6.03. The van der Waals surface area contributed by atoms with Crippen LogP contribution in [0.25, 0.3) is 0 Å². The van der Waals surface area contributed by atoms with E-state index < -0.39 is 0 Å². The molecule has 1 rings (SSSR count). The fourth-order valence-corrected chi connectivity index (χ4v) is 1.89. The normalized spacial score (nSPS) is 30.5. The van der Waals surface area contributed by atoms with Gasteiger partial charge in [-0.05, 0) is 40.2 Å². The molecule has 0 aromatic rings. The molecule has 0 spiro atoms. The molecule has 1 saturated heterocycles. The fraction of sp³-hybridized carbons (Fsp3) is 1.00. The molecule has 0 saturated carbocycles. The van der Waals surface area contributed by atoms with Gasteiger partial charge in [0.05, 0.1) is 11.2 Å². The van der Waals surface area contributed by atoms with E-state index in [2.05, 4.69) is 26.1 Å². The molecule has 1 aliphatic heterocycles. The van der Waals surface area contributed by atoms with Crippen molar-refractivity contribution in [3.63, 3.8) is 0 Å². The maximum atomic E-state index is 6.03. The van der Waals surface area contributed by atoms with Gasteiger partial charge in [-0.1, -0.05) is 0 Å². The summed E-state index contributed by atoms with van der Waals surface area (Å²) in [6.45, 7) is 8.84. The summed E-state index contributed by atoms with van der Waals surface area (Å²) in [5.41, 5.74) is 5.55. The zero-order valence-electron chi connectivity index (χ0n) is 9.02. The predicted octanol–water partition coefficient (Wildman–Crippen LogP) is 0.882. The van der Waals surface area contributed by atoms with Crippen molar-refractivity contribution in [2.75, 3.05) is 19.6 Å². The van der Waals surface area contributed by atoms with Crippen LogP contribution in [-0.4, -0.2) is 30.8 Å². The summed E-state index contributed by atoms with van der Waals surface area (Å²) in [4.78, 5) is 0. The second kappa shape index (κ2) is 3.95. The Hall–Kier alpha value is -0.120. The highest BCUT2D eigenvalue weighted by Crippen LogP contribution is 2.25. The van der Waals surface area contributed by atoms with Gasteiger partial charge in [0.15, 0.2) is 0 Å². The van der Waals surface area contributed by atoms with Crippen molar-refractivity contribution in [1.29, 1.82) is 0 Å². The molecule has 0 aliphatic carbocycles. The first-order valence-electron chi connectivity index (χ1n) is 5.08. The van der Waals surface area contributed by atoms with Crippen LogP contribution in [0.15, 0.2) is 0 Å². The van der Waals surface area contributed by atoms with Crippen molar-refractivity contribution in [3.05, 3.63) is 0 Å². The molecule has 0 amide bonds. The van der Waals surface area contributed by atoms with Gasteiger partial charge in [-0.25, -0.2) is 0 Å². The van der Waals surface area contributed by atoms with Gasteiger partial charge in [0.2, 0.25) is 0 Å². The van der Waals surface area contributed by atoms with Crippen LogP contribution in [0.4, 0.5) is 0 Å². The van der Waals surface area contributed by atoms with Crippen LogP contribution >= 0.6 is 0 Å². The van der Waals surface area contributed by atoms with Crippen LogP contribution in [0.1, 0.15) is 33.6 Å². The maximum Gasteiger partial charge on any atom is 0.0935 e. The molecule has 13 heavy (non-hydrogen) atoms. The van der Waals surface area contributed by atoms with Gasteiger partial charge in [-0.2, -0.15) is 0 Å². The Balaban J connectivity index is 2.57. The molecule has 1 aliphatic rings. The number of ether oxygens (including phenoxy) is 1. The standard InChI is InChI=1S/C10H22N2O/c1-9(2,3)13-10(7-11)5-4-6-12-8-10/h12H,4-8,11H2,1-3H3. The molecule has 0 aromatic heterocycles. The van der Waals surface area contributed by atoms with Crippen molar-refractivity contribution >= 4 is 0 Å². The minimum atomic E-state index is -0.128. The van der Waals surface area contributed by atoms with Crippen LogP contribution in [0.3, 0.4) is 0 Å². The van der Waals surface area contributed by atoms with Crippen molar-refractivity contribution in [3.8, 4) is 0 Å². The quantitative estimate of drug-likeness (QED) is 0.673. The number of nitrogens with two attached hydrogens (primary N) is 1. The van der Waals surface area contributed by atoms with Crippen LogP contribution in [0.5, 0.6) is 0 Å². The number of hydrogen-bond donors (Lipinski definition) is 2. The van der Waals surface area contributed by atoms with Crippen LogP contribution < -0.4 is 11.1 Å². The van der Waals surface area contributed by atoms with Gasteiger partial charge in [-0.15, -0.1) is 0 Å². The van der Waals surface area contributed by atoms with Crippen molar-refractivity contribution in [2.45, 2.75) is 44.8 Å². The van der Waals surface area contributed by atoms with E-state index in [0.717, 1.165) is 25.9 Å². The maximum absolute atomic E-state index is 6.03. The van der Waals surface area contributed by atoms with E-state index in [4.69, 9.17) is 10.5 Å². The topological polar surface area (TPSA) is 47.3 Å². The second-order valence-electron chi connectivity index (χ2n) is 4.88. The van der Waals surface area contributed by atoms with Gasteiger partial charge < -0.3 is 15.8 Å².